The summed E-state index contributed by atoms with van der Waals surface area (Å²) in [5.74, 6) is 0.00903. The van der Waals surface area contributed by atoms with E-state index >= 15 is 0 Å². The molecule has 192 valence electrons. The quantitative estimate of drug-likeness (QED) is 0.319. The summed E-state index contributed by atoms with van der Waals surface area (Å²) in [4.78, 5) is 15.7. The summed E-state index contributed by atoms with van der Waals surface area (Å²) in [6.45, 7) is 9.64. The molecule has 3 aromatic rings. The Balaban J connectivity index is 1.67. The number of anilines is 1. The van der Waals surface area contributed by atoms with Crippen LogP contribution in [0, 0.1) is 0 Å². The van der Waals surface area contributed by atoms with Crippen molar-refractivity contribution in [3.8, 4) is 5.75 Å². The van der Waals surface area contributed by atoms with Gasteiger partial charge < -0.3 is 14.7 Å². The number of nitrogens with zero attached hydrogens (tertiary/aromatic N) is 2. The van der Waals surface area contributed by atoms with Crippen LogP contribution in [0.1, 0.15) is 56.4 Å². The van der Waals surface area contributed by atoms with Gasteiger partial charge in [-0.3, -0.25) is 4.79 Å². The molecule has 0 bridgehead atoms. The summed E-state index contributed by atoms with van der Waals surface area (Å²) >= 11 is 0. The number of carbonyl (C=O) groups excluding carboxylic acids is 1. The van der Waals surface area contributed by atoms with E-state index in [1.807, 2.05) is 24.3 Å². The number of aliphatic hydroxyl groups is 1. The molecule has 4 rings (SSSR count). The van der Waals surface area contributed by atoms with Gasteiger partial charge in [-0.2, -0.15) is 5.10 Å². The molecule has 3 aromatic carbocycles. The van der Waals surface area contributed by atoms with E-state index in [4.69, 9.17) is 4.74 Å². The molecule has 0 fully saturated rings. The number of hydrazone groups is 1. The third kappa shape index (κ3) is 5.02. The molecule has 1 amide bonds. The van der Waals surface area contributed by atoms with Gasteiger partial charge in [-0.05, 0) is 50.0 Å². The fourth-order valence-corrected chi connectivity index (χ4v) is 5.06. The molecule has 0 spiro atoms. The third-order valence-electron chi connectivity index (χ3n) is 6.86. The first-order chi connectivity index (χ1) is 17.7. The molecule has 0 radical (unpaired) electrons. The minimum Gasteiger partial charge on any atom is -0.496 e. The van der Waals surface area contributed by atoms with Gasteiger partial charge in [0, 0.05) is 29.4 Å². The highest BCUT2D eigenvalue weighted by Gasteiger charge is 2.40. The number of fused-ring (bicyclic) bond motifs is 1. The van der Waals surface area contributed by atoms with Crippen LogP contribution in [0.2, 0.25) is 0 Å². The van der Waals surface area contributed by atoms with Gasteiger partial charge in [0.15, 0.2) is 5.60 Å². The Bertz CT molecular complexity index is 1270. The van der Waals surface area contributed by atoms with Crippen LogP contribution in [-0.2, 0) is 10.4 Å². The molecular weight excluding hydrogens is 462 g/mol. The van der Waals surface area contributed by atoms with E-state index in [9.17, 15) is 9.90 Å². The Kier molecular flexibility index (Phi) is 7.50. The number of ether oxygens (including phenoxy) is 1. The molecule has 0 unspecified atom stereocenters. The van der Waals surface area contributed by atoms with Crippen molar-refractivity contribution >= 4 is 23.4 Å². The van der Waals surface area contributed by atoms with E-state index < -0.39 is 11.5 Å². The van der Waals surface area contributed by atoms with Gasteiger partial charge >= 0.3 is 0 Å². The summed E-state index contributed by atoms with van der Waals surface area (Å²) in [7, 11) is 1.63. The number of allylic oxidation sites excluding steroid dienone is 1. The van der Waals surface area contributed by atoms with Crippen LogP contribution < -0.4 is 15.1 Å². The third-order valence-corrected chi connectivity index (χ3v) is 6.86. The first-order valence-electron chi connectivity index (χ1n) is 12.6. The molecule has 2 N–H and O–H groups in total. The monoisotopic (exact) mass is 497 g/mol. The Hall–Kier alpha value is -3.90. The molecule has 0 aliphatic carbocycles. The van der Waals surface area contributed by atoms with Gasteiger partial charge in [0.1, 0.15) is 5.75 Å². The maximum Gasteiger partial charge on any atom is 0.281 e. The molecule has 1 aliphatic rings. The van der Waals surface area contributed by atoms with E-state index in [0.29, 0.717) is 16.9 Å². The number of nitrogens with one attached hydrogen (secondary N) is 1. The Morgan fingerprint density at radius 3 is 2.22 bits per heavy atom. The van der Waals surface area contributed by atoms with Crippen molar-refractivity contribution in [1.29, 1.82) is 0 Å². The number of hydrogen-bond donors (Lipinski definition) is 2. The van der Waals surface area contributed by atoms with Crippen LogP contribution in [0.4, 0.5) is 5.69 Å². The minimum atomic E-state index is -1.90. The van der Waals surface area contributed by atoms with E-state index in [1.165, 1.54) is 5.57 Å². The predicted octanol–water partition coefficient (Wildman–Crippen LogP) is 5.49. The number of rotatable bonds is 8. The Labute approximate surface area is 219 Å². The van der Waals surface area contributed by atoms with Gasteiger partial charge in [0.25, 0.3) is 5.91 Å². The molecule has 0 saturated carbocycles. The highest BCUT2D eigenvalue weighted by Crippen LogP contribution is 2.42. The number of benzene rings is 3. The second kappa shape index (κ2) is 10.6. The van der Waals surface area contributed by atoms with Crippen molar-refractivity contribution in [2.75, 3.05) is 18.6 Å². The maximum absolute atomic E-state index is 13.4. The summed E-state index contributed by atoms with van der Waals surface area (Å²) in [6, 6.07) is 21.8. The van der Waals surface area contributed by atoms with Crippen LogP contribution in [0.3, 0.4) is 0 Å². The average molecular weight is 498 g/mol. The molecule has 0 atom stereocenters. The lowest BCUT2D eigenvalue weighted by molar-refractivity contribution is -0.136. The summed E-state index contributed by atoms with van der Waals surface area (Å²) in [5.41, 5.74) is 5.59. The van der Waals surface area contributed by atoms with Crippen molar-refractivity contribution in [2.45, 2.75) is 45.3 Å². The lowest BCUT2D eigenvalue weighted by atomic mass is 9.85. The topological polar surface area (TPSA) is 74.2 Å². The van der Waals surface area contributed by atoms with E-state index in [-0.39, 0.29) is 5.54 Å². The zero-order chi connectivity index (χ0) is 26.6. The van der Waals surface area contributed by atoms with Gasteiger partial charge in [-0.1, -0.05) is 73.7 Å². The largest absolute Gasteiger partial charge is 0.496 e. The molecule has 0 aromatic heterocycles. The van der Waals surface area contributed by atoms with Gasteiger partial charge in [-0.15, -0.1) is 0 Å². The standard InChI is InChI=1S/C31H35N3O3/c1-6-17-34-27-19-28(37-5)23(18-26(27)22(2)20-30(34,3)4)21-32-33-29(35)31(36,24-13-9-7-10-14-24)25-15-11-8-12-16-25/h7-16,18-21,36H,6,17H2,1-5H3,(H,33,35)/b32-21-. The highest BCUT2D eigenvalue weighted by molar-refractivity contribution is 5.93. The Morgan fingerprint density at radius 2 is 1.68 bits per heavy atom. The minimum absolute atomic E-state index is 0.110. The fraction of sp³-hybridized carbons (Fsp3) is 0.290. The van der Waals surface area contributed by atoms with Gasteiger partial charge in [0.05, 0.1) is 18.9 Å². The lowest BCUT2D eigenvalue weighted by Crippen LogP contribution is -2.45. The number of hydrogen-bond acceptors (Lipinski definition) is 5. The van der Waals surface area contributed by atoms with Crippen molar-refractivity contribution in [3.05, 3.63) is 101 Å². The van der Waals surface area contributed by atoms with Gasteiger partial charge in [0.2, 0.25) is 0 Å². The van der Waals surface area contributed by atoms with E-state index in [0.717, 1.165) is 29.8 Å². The fourth-order valence-electron chi connectivity index (χ4n) is 5.06. The molecule has 6 nitrogen and oxygen atoms in total. The lowest BCUT2D eigenvalue weighted by Gasteiger charge is -2.43. The van der Waals surface area contributed by atoms with Crippen molar-refractivity contribution in [3.63, 3.8) is 0 Å². The van der Waals surface area contributed by atoms with Gasteiger partial charge in [-0.25, -0.2) is 5.43 Å². The number of carbonyl (C=O) groups is 1. The second-order valence-electron chi connectivity index (χ2n) is 9.89. The first kappa shape index (κ1) is 26.2. The van der Waals surface area contributed by atoms with Crippen molar-refractivity contribution in [2.24, 2.45) is 5.10 Å². The molecule has 1 aliphatic heterocycles. The molecular formula is C31H35N3O3. The highest BCUT2D eigenvalue weighted by atomic mass is 16.5. The van der Waals surface area contributed by atoms with Crippen molar-refractivity contribution < 1.29 is 14.6 Å². The molecule has 37 heavy (non-hydrogen) atoms. The first-order valence-corrected chi connectivity index (χ1v) is 12.6. The molecule has 0 saturated heterocycles. The van der Waals surface area contributed by atoms with Crippen LogP contribution >= 0.6 is 0 Å². The summed E-state index contributed by atoms with van der Waals surface area (Å²) < 4.78 is 5.71. The predicted molar refractivity (Wildman–Crippen MR) is 150 cm³/mol. The van der Waals surface area contributed by atoms with Crippen LogP contribution in [0.15, 0.2) is 84.0 Å². The zero-order valence-electron chi connectivity index (χ0n) is 22.2. The zero-order valence-corrected chi connectivity index (χ0v) is 22.2. The second-order valence-corrected chi connectivity index (χ2v) is 9.89. The summed E-state index contributed by atoms with van der Waals surface area (Å²) in [6.07, 6.45) is 4.86. The normalized spacial score (nSPS) is 14.8. The molecule has 6 heteroatoms. The van der Waals surface area contributed by atoms with E-state index in [2.05, 4.69) is 49.2 Å². The summed E-state index contributed by atoms with van der Waals surface area (Å²) in [5, 5.41) is 15.8. The number of amides is 1. The number of methoxy groups -OCH3 is 1. The Morgan fingerprint density at radius 1 is 1.08 bits per heavy atom. The maximum atomic E-state index is 13.4. The van der Waals surface area contributed by atoms with Crippen molar-refractivity contribution in [1.82, 2.24) is 5.43 Å². The SMILES string of the molecule is CCCN1c2cc(OC)c(/C=N\NC(=O)C(O)(c3ccccc3)c3ccccc3)cc2C(C)=CC1(C)C. The smallest absolute Gasteiger partial charge is 0.281 e. The van der Waals surface area contributed by atoms with E-state index in [1.54, 1.807) is 61.9 Å². The molecule has 1 heterocycles. The van der Waals surface area contributed by atoms with Crippen LogP contribution in [0.25, 0.3) is 5.57 Å². The van der Waals surface area contributed by atoms with Crippen LogP contribution in [0.5, 0.6) is 5.75 Å². The van der Waals surface area contributed by atoms with Crippen LogP contribution in [-0.4, -0.2) is 36.4 Å². The average Bonchev–Trinajstić information content (AvgIpc) is 2.91.